The highest BCUT2D eigenvalue weighted by Crippen LogP contribution is 2.20. The average Bonchev–Trinajstić information content (AvgIpc) is 3.03. The third-order valence-corrected chi connectivity index (χ3v) is 2.90. The van der Waals surface area contributed by atoms with Gasteiger partial charge in [-0.2, -0.15) is 9.61 Å². The van der Waals surface area contributed by atoms with E-state index in [1.54, 1.807) is 27.8 Å². The van der Waals surface area contributed by atoms with Gasteiger partial charge in [-0.25, -0.2) is 4.68 Å². The number of benzene rings is 1. The van der Waals surface area contributed by atoms with Gasteiger partial charge in [0.1, 0.15) is 0 Å². The first-order valence-electron chi connectivity index (χ1n) is 5.59. The maximum absolute atomic E-state index is 5.82. The Kier molecular flexibility index (Phi) is 1.82. The first kappa shape index (κ1) is 9.95. The highest BCUT2D eigenvalue weighted by molar-refractivity contribution is 5.83. The van der Waals surface area contributed by atoms with Crippen LogP contribution in [0.1, 0.15) is 0 Å². The smallest absolute Gasteiger partial charge is 0.199 e. The van der Waals surface area contributed by atoms with Crippen molar-refractivity contribution in [2.24, 2.45) is 0 Å². The van der Waals surface area contributed by atoms with Crippen molar-refractivity contribution in [3.63, 3.8) is 0 Å². The number of rotatable bonds is 1. The van der Waals surface area contributed by atoms with E-state index in [0.29, 0.717) is 17.2 Å². The zero-order chi connectivity index (χ0) is 12.8. The predicted molar refractivity (Wildman–Crippen MR) is 67.6 cm³/mol. The maximum Gasteiger partial charge on any atom is 0.199 e. The Hall–Kier alpha value is -3.03. The van der Waals surface area contributed by atoms with Crippen LogP contribution in [-0.2, 0) is 0 Å². The fourth-order valence-corrected chi connectivity index (χ4v) is 2.03. The molecule has 19 heavy (non-hydrogen) atoms. The Morgan fingerprint density at radius 2 is 2.05 bits per heavy atom. The van der Waals surface area contributed by atoms with Crippen molar-refractivity contribution in [3.8, 4) is 5.82 Å². The number of hydrogen-bond donors (Lipinski definition) is 1. The zero-order valence-electron chi connectivity index (χ0n) is 9.67. The third-order valence-electron chi connectivity index (χ3n) is 2.90. The largest absolute Gasteiger partial charge is 0.399 e. The van der Waals surface area contributed by atoms with E-state index in [1.165, 1.54) is 0 Å². The molecule has 92 valence electrons. The molecular weight excluding hydrogens is 244 g/mol. The van der Waals surface area contributed by atoms with Crippen LogP contribution in [-0.4, -0.2) is 34.8 Å². The van der Waals surface area contributed by atoms with Gasteiger partial charge in [0.25, 0.3) is 0 Å². The Labute approximate surface area is 106 Å². The lowest BCUT2D eigenvalue weighted by molar-refractivity contribution is 0.757. The molecule has 0 saturated heterocycles. The van der Waals surface area contributed by atoms with E-state index in [0.717, 1.165) is 10.9 Å². The van der Waals surface area contributed by atoms with E-state index in [-0.39, 0.29) is 0 Å². The first-order valence-corrected chi connectivity index (χ1v) is 5.59. The Morgan fingerprint density at radius 3 is 3.00 bits per heavy atom. The molecule has 0 bridgehead atoms. The van der Waals surface area contributed by atoms with Crippen LogP contribution in [0.2, 0.25) is 0 Å². The van der Waals surface area contributed by atoms with Crippen LogP contribution in [0.5, 0.6) is 0 Å². The second-order valence-electron chi connectivity index (χ2n) is 4.09. The molecule has 3 heterocycles. The average molecular weight is 252 g/mol. The van der Waals surface area contributed by atoms with Crippen LogP contribution in [0.15, 0.2) is 36.8 Å². The number of hydrogen-bond acceptors (Lipinski definition) is 6. The number of nitrogens with two attached hydrogens (primary N) is 1. The molecule has 2 N–H and O–H groups in total. The fourth-order valence-electron chi connectivity index (χ4n) is 2.03. The van der Waals surface area contributed by atoms with Crippen molar-refractivity contribution in [3.05, 3.63) is 36.8 Å². The Morgan fingerprint density at radius 1 is 1.11 bits per heavy atom. The number of anilines is 1. The summed E-state index contributed by atoms with van der Waals surface area (Å²) in [6, 6.07) is 5.61. The molecule has 0 aliphatic rings. The normalized spacial score (nSPS) is 11.4. The summed E-state index contributed by atoms with van der Waals surface area (Å²) in [5, 5.41) is 16.7. The zero-order valence-corrected chi connectivity index (χ0v) is 9.67. The molecule has 0 aliphatic heterocycles. The van der Waals surface area contributed by atoms with Crippen LogP contribution < -0.4 is 5.73 Å². The van der Waals surface area contributed by atoms with Gasteiger partial charge in [0.2, 0.25) is 0 Å². The Balaban J connectivity index is 2.09. The number of aromatic nitrogens is 7. The van der Waals surface area contributed by atoms with Crippen LogP contribution in [0.4, 0.5) is 5.69 Å². The Bertz CT molecular complexity index is 890. The summed E-state index contributed by atoms with van der Waals surface area (Å²) < 4.78 is 3.28. The first-order chi connectivity index (χ1) is 9.33. The van der Waals surface area contributed by atoms with E-state index in [4.69, 9.17) is 5.73 Å². The predicted octanol–water partition coefficient (Wildman–Crippen LogP) is 0.440. The molecule has 0 saturated carbocycles. The number of nitrogen functional groups attached to an aromatic ring is 1. The molecule has 8 nitrogen and oxygen atoms in total. The van der Waals surface area contributed by atoms with E-state index >= 15 is 0 Å². The molecule has 0 fully saturated rings. The molecule has 1 aromatic carbocycles. The van der Waals surface area contributed by atoms with Crippen molar-refractivity contribution in [2.75, 3.05) is 5.73 Å². The van der Waals surface area contributed by atoms with Gasteiger partial charge < -0.3 is 5.73 Å². The van der Waals surface area contributed by atoms with Crippen molar-refractivity contribution in [1.29, 1.82) is 0 Å². The molecule has 4 aromatic rings. The SMILES string of the molecule is Nc1ccc2cnn(-c3cncc4nnnn34)c2c1. The molecule has 0 radical (unpaired) electrons. The van der Waals surface area contributed by atoms with Gasteiger partial charge in [-0.15, -0.1) is 5.10 Å². The second-order valence-corrected chi connectivity index (χ2v) is 4.09. The van der Waals surface area contributed by atoms with Gasteiger partial charge in [0, 0.05) is 11.1 Å². The standard InChI is InChI=1S/C11H8N8/c12-8-2-1-7-4-14-18(9(7)3-8)11-6-13-5-10-15-16-17-19(10)11/h1-6H,12H2. The molecule has 4 rings (SSSR count). The van der Waals surface area contributed by atoms with E-state index in [2.05, 4.69) is 25.6 Å². The third kappa shape index (κ3) is 1.36. The minimum atomic E-state index is 0.560. The number of fused-ring (bicyclic) bond motifs is 2. The maximum atomic E-state index is 5.82. The molecule has 3 aromatic heterocycles. The summed E-state index contributed by atoms with van der Waals surface area (Å²) in [5.41, 5.74) is 7.93. The number of tetrazole rings is 1. The fraction of sp³-hybridized carbons (Fsp3) is 0. The molecule has 8 heteroatoms. The summed E-state index contributed by atoms with van der Waals surface area (Å²) in [6.45, 7) is 0. The van der Waals surface area contributed by atoms with Crippen molar-refractivity contribution in [1.82, 2.24) is 34.8 Å². The minimum Gasteiger partial charge on any atom is -0.399 e. The van der Waals surface area contributed by atoms with Gasteiger partial charge in [0.05, 0.1) is 24.1 Å². The van der Waals surface area contributed by atoms with Crippen LogP contribution in [0.3, 0.4) is 0 Å². The van der Waals surface area contributed by atoms with E-state index < -0.39 is 0 Å². The topological polar surface area (TPSA) is 99.8 Å². The molecular formula is C11H8N8. The molecule has 0 atom stereocenters. The molecule has 0 spiro atoms. The summed E-state index contributed by atoms with van der Waals surface area (Å²) in [7, 11) is 0. The summed E-state index contributed by atoms with van der Waals surface area (Å²) in [6.07, 6.45) is 5.00. The van der Waals surface area contributed by atoms with Crippen molar-refractivity contribution >= 4 is 22.2 Å². The number of nitrogens with zero attached hydrogens (tertiary/aromatic N) is 7. The van der Waals surface area contributed by atoms with E-state index in [9.17, 15) is 0 Å². The lowest BCUT2D eigenvalue weighted by Gasteiger charge is -2.04. The van der Waals surface area contributed by atoms with Crippen LogP contribution in [0, 0.1) is 0 Å². The quantitative estimate of drug-likeness (QED) is 0.493. The van der Waals surface area contributed by atoms with Gasteiger partial charge in [-0.3, -0.25) is 4.98 Å². The molecule has 0 aliphatic carbocycles. The highest BCUT2D eigenvalue weighted by Gasteiger charge is 2.10. The highest BCUT2D eigenvalue weighted by atomic mass is 15.5. The summed E-state index contributed by atoms with van der Waals surface area (Å²) in [5.74, 6) is 0.656. The summed E-state index contributed by atoms with van der Waals surface area (Å²) >= 11 is 0. The minimum absolute atomic E-state index is 0.560. The lowest BCUT2D eigenvalue weighted by atomic mass is 10.2. The monoisotopic (exact) mass is 252 g/mol. The van der Waals surface area contributed by atoms with Gasteiger partial charge >= 0.3 is 0 Å². The van der Waals surface area contributed by atoms with Gasteiger partial charge in [-0.05, 0) is 28.6 Å². The van der Waals surface area contributed by atoms with Crippen LogP contribution in [0.25, 0.3) is 22.4 Å². The van der Waals surface area contributed by atoms with Crippen LogP contribution >= 0.6 is 0 Å². The van der Waals surface area contributed by atoms with Gasteiger partial charge in [-0.1, -0.05) is 0 Å². The summed E-state index contributed by atoms with van der Waals surface area (Å²) in [4.78, 5) is 4.11. The molecule has 0 amide bonds. The van der Waals surface area contributed by atoms with E-state index in [1.807, 2.05) is 18.2 Å². The lowest BCUT2D eigenvalue weighted by Crippen LogP contribution is -2.05. The van der Waals surface area contributed by atoms with Crippen molar-refractivity contribution < 1.29 is 0 Å². The van der Waals surface area contributed by atoms with Gasteiger partial charge in [0.15, 0.2) is 11.5 Å². The molecule has 0 unspecified atom stereocenters. The van der Waals surface area contributed by atoms with Crippen molar-refractivity contribution in [2.45, 2.75) is 0 Å². The second kappa shape index (κ2) is 3.48.